The topological polar surface area (TPSA) is 97.1 Å². The summed E-state index contributed by atoms with van der Waals surface area (Å²) in [6.07, 6.45) is 4.65. The van der Waals surface area contributed by atoms with Gasteiger partial charge in [0.05, 0.1) is 37.5 Å². The van der Waals surface area contributed by atoms with Crippen LogP contribution < -0.4 is 10.6 Å². The standard InChI is InChI=1S/C16H24N6O2/c1-2-22-11-17-8-13(22)9-19-15-7-14(12-3-6-24-10-12)20-16(21-15)18-4-5-23/h7-8,11-12,23H,2-6,9-10H2,1H3,(H2,18,19,20,21). The van der Waals surface area contributed by atoms with E-state index in [9.17, 15) is 0 Å². The Hall–Kier alpha value is -2.19. The van der Waals surface area contributed by atoms with Crippen LogP contribution in [0.1, 0.15) is 30.7 Å². The van der Waals surface area contributed by atoms with Crippen molar-refractivity contribution in [3.8, 4) is 0 Å². The highest BCUT2D eigenvalue weighted by molar-refractivity contribution is 5.43. The van der Waals surface area contributed by atoms with Gasteiger partial charge in [0.25, 0.3) is 0 Å². The molecule has 0 bridgehead atoms. The third kappa shape index (κ3) is 4.01. The second kappa shape index (κ2) is 8.07. The van der Waals surface area contributed by atoms with Gasteiger partial charge in [0, 0.05) is 37.9 Å². The zero-order valence-electron chi connectivity index (χ0n) is 13.9. The summed E-state index contributed by atoms with van der Waals surface area (Å²) < 4.78 is 7.56. The van der Waals surface area contributed by atoms with Gasteiger partial charge in [-0.3, -0.25) is 0 Å². The molecule has 24 heavy (non-hydrogen) atoms. The normalized spacial score (nSPS) is 17.2. The molecule has 1 saturated heterocycles. The van der Waals surface area contributed by atoms with E-state index in [-0.39, 0.29) is 6.61 Å². The highest BCUT2D eigenvalue weighted by Crippen LogP contribution is 2.26. The van der Waals surface area contributed by atoms with Gasteiger partial charge >= 0.3 is 0 Å². The van der Waals surface area contributed by atoms with Crippen LogP contribution in [-0.4, -0.2) is 51.0 Å². The fraction of sp³-hybridized carbons (Fsp3) is 0.562. The molecule has 0 aliphatic carbocycles. The summed E-state index contributed by atoms with van der Waals surface area (Å²) in [7, 11) is 0. The third-order valence-electron chi connectivity index (χ3n) is 4.08. The average molecular weight is 332 g/mol. The van der Waals surface area contributed by atoms with Crippen molar-refractivity contribution in [3.05, 3.63) is 30.0 Å². The molecule has 2 aromatic rings. The summed E-state index contributed by atoms with van der Waals surface area (Å²) in [5.41, 5.74) is 2.07. The molecule has 3 heterocycles. The Balaban J connectivity index is 1.75. The van der Waals surface area contributed by atoms with Crippen molar-refractivity contribution >= 4 is 11.8 Å². The fourth-order valence-corrected chi connectivity index (χ4v) is 2.74. The first-order valence-corrected chi connectivity index (χ1v) is 8.34. The van der Waals surface area contributed by atoms with Crippen molar-refractivity contribution < 1.29 is 9.84 Å². The lowest BCUT2D eigenvalue weighted by atomic mass is 10.0. The van der Waals surface area contributed by atoms with Gasteiger partial charge in [-0.05, 0) is 13.3 Å². The number of ether oxygens (including phenoxy) is 1. The molecule has 0 aromatic carbocycles. The minimum absolute atomic E-state index is 0.0403. The van der Waals surface area contributed by atoms with Gasteiger partial charge in [-0.15, -0.1) is 0 Å². The largest absolute Gasteiger partial charge is 0.395 e. The second-order valence-corrected chi connectivity index (χ2v) is 5.74. The Kier molecular flexibility index (Phi) is 5.60. The molecule has 0 spiro atoms. The van der Waals surface area contributed by atoms with Gasteiger partial charge in [0.1, 0.15) is 5.82 Å². The lowest BCUT2D eigenvalue weighted by Gasteiger charge is -2.14. The minimum atomic E-state index is 0.0403. The number of aliphatic hydroxyl groups is 1. The summed E-state index contributed by atoms with van der Waals surface area (Å²) in [5.74, 6) is 1.58. The summed E-state index contributed by atoms with van der Waals surface area (Å²) in [6.45, 7) is 5.54. The lowest BCUT2D eigenvalue weighted by molar-refractivity contribution is 0.193. The van der Waals surface area contributed by atoms with E-state index >= 15 is 0 Å². The third-order valence-corrected chi connectivity index (χ3v) is 4.08. The number of aliphatic hydroxyl groups excluding tert-OH is 1. The molecule has 1 atom stereocenters. The Labute approximate surface area is 141 Å². The zero-order chi connectivity index (χ0) is 16.8. The van der Waals surface area contributed by atoms with E-state index < -0.39 is 0 Å². The molecule has 1 aliphatic rings. The van der Waals surface area contributed by atoms with Gasteiger partial charge < -0.3 is 25.0 Å². The van der Waals surface area contributed by atoms with E-state index in [4.69, 9.17) is 9.84 Å². The maximum absolute atomic E-state index is 9.00. The Bertz CT molecular complexity index is 654. The van der Waals surface area contributed by atoms with Crippen molar-refractivity contribution in [3.63, 3.8) is 0 Å². The number of nitrogens with one attached hydrogen (secondary N) is 2. The lowest BCUT2D eigenvalue weighted by Crippen LogP contribution is -2.14. The number of anilines is 2. The van der Waals surface area contributed by atoms with Crippen molar-refractivity contribution in [2.45, 2.75) is 32.4 Å². The number of nitrogens with zero attached hydrogens (tertiary/aromatic N) is 4. The van der Waals surface area contributed by atoms with E-state index in [0.29, 0.717) is 31.6 Å². The van der Waals surface area contributed by atoms with Crippen LogP contribution in [0.25, 0.3) is 0 Å². The Morgan fingerprint density at radius 1 is 1.38 bits per heavy atom. The van der Waals surface area contributed by atoms with E-state index in [1.165, 1.54) is 0 Å². The minimum Gasteiger partial charge on any atom is -0.395 e. The monoisotopic (exact) mass is 332 g/mol. The molecule has 8 nitrogen and oxygen atoms in total. The van der Waals surface area contributed by atoms with Crippen molar-refractivity contribution in [1.29, 1.82) is 0 Å². The molecule has 2 aromatic heterocycles. The molecule has 1 fully saturated rings. The molecule has 1 aliphatic heterocycles. The van der Waals surface area contributed by atoms with E-state index in [2.05, 4.69) is 37.1 Å². The van der Waals surface area contributed by atoms with Gasteiger partial charge in [-0.2, -0.15) is 4.98 Å². The van der Waals surface area contributed by atoms with Crippen LogP contribution in [-0.2, 0) is 17.8 Å². The smallest absolute Gasteiger partial charge is 0.224 e. The maximum atomic E-state index is 9.00. The molecule has 3 N–H and O–H groups in total. The summed E-state index contributed by atoms with van der Waals surface area (Å²) in [6, 6.07) is 1.98. The van der Waals surface area contributed by atoms with Crippen LogP contribution in [0.2, 0.25) is 0 Å². The molecule has 3 rings (SSSR count). The summed E-state index contributed by atoms with van der Waals surface area (Å²) >= 11 is 0. The number of aryl methyl sites for hydroxylation is 1. The summed E-state index contributed by atoms with van der Waals surface area (Å²) in [5, 5.41) is 15.4. The molecule has 0 amide bonds. The highest BCUT2D eigenvalue weighted by Gasteiger charge is 2.20. The van der Waals surface area contributed by atoms with Crippen molar-refractivity contribution in [2.24, 2.45) is 0 Å². The SMILES string of the molecule is CCn1cncc1CNc1cc(C2CCOC2)nc(NCCO)n1. The fourth-order valence-electron chi connectivity index (χ4n) is 2.74. The number of rotatable bonds is 8. The van der Waals surface area contributed by atoms with Crippen LogP contribution in [0.4, 0.5) is 11.8 Å². The van der Waals surface area contributed by atoms with Gasteiger partial charge in [-0.25, -0.2) is 9.97 Å². The molecule has 130 valence electrons. The maximum Gasteiger partial charge on any atom is 0.224 e. The summed E-state index contributed by atoms with van der Waals surface area (Å²) in [4.78, 5) is 13.2. The number of imidazole rings is 1. The molecule has 0 radical (unpaired) electrons. The predicted octanol–water partition coefficient (Wildman–Crippen LogP) is 1.21. The van der Waals surface area contributed by atoms with E-state index in [0.717, 1.165) is 36.8 Å². The first-order chi connectivity index (χ1) is 11.8. The molecular formula is C16H24N6O2. The van der Waals surface area contributed by atoms with Gasteiger partial charge in [0.15, 0.2) is 0 Å². The number of hydrogen-bond acceptors (Lipinski definition) is 7. The molecule has 1 unspecified atom stereocenters. The average Bonchev–Trinajstić information content (AvgIpc) is 3.29. The van der Waals surface area contributed by atoms with Crippen molar-refractivity contribution in [1.82, 2.24) is 19.5 Å². The number of aromatic nitrogens is 4. The first-order valence-electron chi connectivity index (χ1n) is 8.34. The van der Waals surface area contributed by atoms with Crippen LogP contribution in [0, 0.1) is 0 Å². The van der Waals surface area contributed by atoms with Crippen LogP contribution in [0.15, 0.2) is 18.6 Å². The Morgan fingerprint density at radius 3 is 3.04 bits per heavy atom. The zero-order valence-corrected chi connectivity index (χ0v) is 13.9. The molecule has 8 heteroatoms. The predicted molar refractivity (Wildman–Crippen MR) is 91.0 cm³/mol. The first kappa shape index (κ1) is 16.7. The van der Waals surface area contributed by atoms with Gasteiger partial charge in [0.2, 0.25) is 5.95 Å². The molecule has 0 saturated carbocycles. The van der Waals surface area contributed by atoms with Crippen LogP contribution in [0.3, 0.4) is 0 Å². The van der Waals surface area contributed by atoms with Crippen LogP contribution in [0.5, 0.6) is 0 Å². The number of hydrogen-bond donors (Lipinski definition) is 3. The van der Waals surface area contributed by atoms with Crippen LogP contribution >= 0.6 is 0 Å². The quantitative estimate of drug-likeness (QED) is 0.668. The Morgan fingerprint density at radius 2 is 2.29 bits per heavy atom. The molecular weight excluding hydrogens is 308 g/mol. The second-order valence-electron chi connectivity index (χ2n) is 5.74. The van der Waals surface area contributed by atoms with Gasteiger partial charge in [-0.1, -0.05) is 0 Å². The van der Waals surface area contributed by atoms with Crippen molar-refractivity contribution in [2.75, 3.05) is 37.0 Å². The van der Waals surface area contributed by atoms with E-state index in [1.807, 2.05) is 18.6 Å². The highest BCUT2D eigenvalue weighted by atomic mass is 16.5. The van der Waals surface area contributed by atoms with E-state index in [1.54, 1.807) is 0 Å².